The van der Waals surface area contributed by atoms with Crippen molar-refractivity contribution in [1.82, 2.24) is 5.32 Å². The Kier molecular flexibility index (Phi) is 5.07. The minimum absolute atomic E-state index is 0.0299. The summed E-state index contributed by atoms with van der Waals surface area (Å²) in [6.45, 7) is 5.96. The quantitative estimate of drug-likeness (QED) is 0.850. The maximum Gasteiger partial charge on any atom is 0.239 e. The molecule has 3 nitrogen and oxygen atoms in total. The summed E-state index contributed by atoms with van der Waals surface area (Å²) in [5.74, 6) is -1.67. The van der Waals surface area contributed by atoms with Gasteiger partial charge < -0.3 is 10.6 Å². The summed E-state index contributed by atoms with van der Waals surface area (Å²) in [4.78, 5) is 11.5. The van der Waals surface area contributed by atoms with Gasteiger partial charge in [-0.15, -0.1) is 0 Å². The normalized spacial score (nSPS) is 12.3. The van der Waals surface area contributed by atoms with Gasteiger partial charge >= 0.3 is 0 Å². The Balaban J connectivity index is 2.45. The number of nitrogens with one attached hydrogen (secondary N) is 2. The van der Waals surface area contributed by atoms with Gasteiger partial charge in [0.2, 0.25) is 5.91 Å². The van der Waals surface area contributed by atoms with E-state index in [9.17, 15) is 13.6 Å². The maximum absolute atomic E-state index is 12.9. The van der Waals surface area contributed by atoms with Crippen molar-refractivity contribution in [3.8, 4) is 0 Å². The average Bonchev–Trinajstić information content (AvgIpc) is 2.30. The van der Waals surface area contributed by atoms with Crippen molar-refractivity contribution >= 4 is 11.6 Å². The zero-order chi connectivity index (χ0) is 13.7. The average molecular weight is 256 g/mol. The fourth-order valence-corrected chi connectivity index (χ4v) is 1.26. The number of halogens is 2. The van der Waals surface area contributed by atoms with E-state index < -0.39 is 11.6 Å². The molecule has 1 rings (SSSR count). The first-order valence-electron chi connectivity index (χ1n) is 5.88. The molecule has 2 N–H and O–H groups in total. The van der Waals surface area contributed by atoms with Crippen LogP contribution in [-0.2, 0) is 4.79 Å². The summed E-state index contributed by atoms with van der Waals surface area (Å²) >= 11 is 0. The highest BCUT2D eigenvalue weighted by Crippen LogP contribution is 2.12. The van der Waals surface area contributed by atoms with Crippen LogP contribution >= 0.6 is 0 Å². The third-order valence-electron chi connectivity index (χ3n) is 2.76. The van der Waals surface area contributed by atoms with Gasteiger partial charge in [0.25, 0.3) is 0 Å². The van der Waals surface area contributed by atoms with Crippen molar-refractivity contribution in [3.63, 3.8) is 0 Å². The molecular formula is C13H18F2N2O. The third kappa shape index (κ3) is 4.31. The molecule has 0 aliphatic heterocycles. The summed E-state index contributed by atoms with van der Waals surface area (Å²) in [6.07, 6.45) is 0. The number of rotatable bonds is 5. The summed E-state index contributed by atoms with van der Waals surface area (Å²) in [6, 6.07) is 3.50. The first-order valence-corrected chi connectivity index (χ1v) is 5.88. The zero-order valence-corrected chi connectivity index (χ0v) is 10.8. The molecule has 1 unspecified atom stereocenters. The van der Waals surface area contributed by atoms with Gasteiger partial charge in [0.1, 0.15) is 0 Å². The van der Waals surface area contributed by atoms with Crippen molar-refractivity contribution < 1.29 is 13.6 Å². The van der Waals surface area contributed by atoms with Crippen LogP contribution in [0.15, 0.2) is 18.2 Å². The molecular weight excluding hydrogens is 238 g/mol. The van der Waals surface area contributed by atoms with E-state index >= 15 is 0 Å². The lowest BCUT2D eigenvalue weighted by molar-refractivity contribution is -0.120. The highest BCUT2D eigenvalue weighted by atomic mass is 19.2. The van der Waals surface area contributed by atoms with Crippen LogP contribution in [0.4, 0.5) is 14.5 Å². The van der Waals surface area contributed by atoms with E-state index in [1.807, 2.05) is 20.8 Å². The maximum atomic E-state index is 12.9. The van der Waals surface area contributed by atoms with Crippen molar-refractivity contribution in [3.05, 3.63) is 29.8 Å². The fraction of sp³-hybridized carbons (Fsp3) is 0.462. The molecule has 1 aromatic carbocycles. The van der Waals surface area contributed by atoms with Crippen LogP contribution in [0.2, 0.25) is 0 Å². The van der Waals surface area contributed by atoms with E-state index in [0.717, 1.165) is 12.1 Å². The molecule has 0 bridgehead atoms. The zero-order valence-electron chi connectivity index (χ0n) is 10.8. The monoisotopic (exact) mass is 256 g/mol. The molecule has 0 aromatic heterocycles. The molecule has 0 saturated carbocycles. The first kappa shape index (κ1) is 14.4. The second-order valence-electron chi connectivity index (χ2n) is 4.58. The Labute approximate surface area is 106 Å². The predicted octanol–water partition coefficient (Wildman–Crippen LogP) is 2.54. The van der Waals surface area contributed by atoms with E-state index in [0.29, 0.717) is 11.6 Å². The van der Waals surface area contributed by atoms with Crippen LogP contribution in [0.5, 0.6) is 0 Å². The van der Waals surface area contributed by atoms with Crippen LogP contribution in [0.1, 0.15) is 20.8 Å². The largest absolute Gasteiger partial charge is 0.376 e. The molecule has 0 radical (unpaired) electrons. The van der Waals surface area contributed by atoms with Crippen LogP contribution in [0.3, 0.4) is 0 Å². The van der Waals surface area contributed by atoms with Gasteiger partial charge in [0.15, 0.2) is 11.6 Å². The van der Waals surface area contributed by atoms with Gasteiger partial charge in [-0.1, -0.05) is 13.8 Å². The van der Waals surface area contributed by atoms with E-state index in [2.05, 4.69) is 10.6 Å². The lowest BCUT2D eigenvalue weighted by Gasteiger charge is -2.17. The van der Waals surface area contributed by atoms with Crippen molar-refractivity contribution in [1.29, 1.82) is 0 Å². The first-order chi connectivity index (χ1) is 8.40. The number of carbonyl (C=O) groups is 1. The Morgan fingerprint density at radius 3 is 2.44 bits per heavy atom. The molecule has 0 saturated heterocycles. The lowest BCUT2D eigenvalue weighted by atomic mass is 10.1. The third-order valence-corrected chi connectivity index (χ3v) is 2.76. The number of hydrogen-bond acceptors (Lipinski definition) is 2. The second-order valence-corrected chi connectivity index (χ2v) is 4.58. The number of amides is 1. The SMILES string of the molecule is CC(C)C(C)NC(=O)CNc1ccc(F)c(F)c1. The van der Waals surface area contributed by atoms with Crippen LogP contribution in [0.25, 0.3) is 0 Å². The standard InChI is InChI=1S/C13H18F2N2O/c1-8(2)9(3)17-13(18)7-16-10-4-5-11(14)12(15)6-10/h4-6,8-9,16H,7H2,1-3H3,(H,17,18). The van der Waals surface area contributed by atoms with Crippen LogP contribution in [0, 0.1) is 17.6 Å². The molecule has 1 atom stereocenters. The molecule has 18 heavy (non-hydrogen) atoms. The molecule has 0 spiro atoms. The second kappa shape index (κ2) is 6.33. The van der Waals surface area contributed by atoms with Gasteiger partial charge in [0, 0.05) is 17.8 Å². The van der Waals surface area contributed by atoms with Gasteiger partial charge in [-0.05, 0) is 25.0 Å². The molecule has 100 valence electrons. The Morgan fingerprint density at radius 2 is 1.89 bits per heavy atom. The van der Waals surface area contributed by atoms with E-state index in [4.69, 9.17) is 0 Å². The van der Waals surface area contributed by atoms with Gasteiger partial charge in [-0.25, -0.2) is 8.78 Å². The summed E-state index contributed by atoms with van der Waals surface area (Å²) in [5.41, 5.74) is 0.376. The Morgan fingerprint density at radius 1 is 1.22 bits per heavy atom. The number of anilines is 1. The molecule has 0 aliphatic rings. The number of hydrogen-bond donors (Lipinski definition) is 2. The predicted molar refractivity (Wildman–Crippen MR) is 67.3 cm³/mol. The summed E-state index contributed by atoms with van der Waals surface area (Å²) in [7, 11) is 0. The minimum Gasteiger partial charge on any atom is -0.376 e. The molecule has 5 heteroatoms. The van der Waals surface area contributed by atoms with Crippen LogP contribution < -0.4 is 10.6 Å². The molecule has 1 aromatic rings. The van der Waals surface area contributed by atoms with Crippen LogP contribution in [-0.4, -0.2) is 18.5 Å². The smallest absolute Gasteiger partial charge is 0.239 e. The Bertz CT molecular complexity index is 421. The molecule has 0 heterocycles. The molecule has 0 fully saturated rings. The minimum atomic E-state index is -0.934. The van der Waals surface area contributed by atoms with E-state index in [1.54, 1.807) is 0 Å². The van der Waals surface area contributed by atoms with Crippen molar-refractivity contribution in [2.75, 3.05) is 11.9 Å². The highest BCUT2D eigenvalue weighted by molar-refractivity contribution is 5.80. The van der Waals surface area contributed by atoms with Gasteiger partial charge in [-0.3, -0.25) is 4.79 Å². The summed E-state index contributed by atoms with van der Waals surface area (Å²) < 4.78 is 25.6. The topological polar surface area (TPSA) is 41.1 Å². The fourth-order valence-electron chi connectivity index (χ4n) is 1.26. The Hall–Kier alpha value is -1.65. The molecule has 0 aliphatic carbocycles. The van der Waals surface area contributed by atoms with Gasteiger partial charge in [0.05, 0.1) is 6.54 Å². The highest BCUT2D eigenvalue weighted by Gasteiger charge is 2.10. The van der Waals surface area contributed by atoms with E-state index in [-0.39, 0.29) is 18.5 Å². The lowest BCUT2D eigenvalue weighted by Crippen LogP contribution is -2.39. The van der Waals surface area contributed by atoms with Crippen molar-refractivity contribution in [2.24, 2.45) is 5.92 Å². The van der Waals surface area contributed by atoms with Crippen molar-refractivity contribution in [2.45, 2.75) is 26.8 Å². The number of benzene rings is 1. The molecule has 1 amide bonds. The number of carbonyl (C=O) groups excluding carboxylic acids is 1. The summed E-state index contributed by atoms with van der Waals surface area (Å²) in [5, 5.41) is 5.54. The van der Waals surface area contributed by atoms with Gasteiger partial charge in [-0.2, -0.15) is 0 Å². The van der Waals surface area contributed by atoms with E-state index in [1.165, 1.54) is 6.07 Å².